The number of fused-ring (bicyclic) bond motifs is 1. The molecule has 2 rings (SSSR count). The Kier molecular flexibility index (Phi) is 2.32. The van der Waals surface area contributed by atoms with E-state index in [0.717, 1.165) is 13.1 Å². The van der Waals surface area contributed by atoms with Gasteiger partial charge in [-0.3, -0.25) is 10.6 Å². The van der Waals surface area contributed by atoms with Crippen LogP contribution in [0.5, 0.6) is 0 Å². The molecule has 2 heterocycles. The van der Waals surface area contributed by atoms with Gasteiger partial charge in [0.15, 0.2) is 12.0 Å². The topological polar surface area (TPSA) is 42.5 Å². The summed E-state index contributed by atoms with van der Waals surface area (Å²) in [5.74, 6) is 0. The predicted molar refractivity (Wildman–Crippen MR) is 49.3 cm³/mol. The molecule has 2 aliphatic rings. The van der Waals surface area contributed by atoms with Crippen molar-refractivity contribution in [1.82, 2.24) is 10.6 Å². The van der Waals surface area contributed by atoms with E-state index in [2.05, 4.69) is 24.5 Å². The molecule has 0 saturated carbocycles. The molecule has 0 spiro atoms. The summed E-state index contributed by atoms with van der Waals surface area (Å²) in [5.41, 5.74) is -0.357. The molecule has 2 N–H and O–H groups in total. The summed E-state index contributed by atoms with van der Waals surface area (Å²) in [6, 6.07) is 0. The molecular weight excluding hydrogens is 168 g/mol. The Morgan fingerprint density at radius 3 is 2.77 bits per heavy atom. The van der Waals surface area contributed by atoms with Crippen LogP contribution in [0.4, 0.5) is 0 Å². The van der Waals surface area contributed by atoms with E-state index in [1.807, 2.05) is 6.92 Å². The SMILES string of the molecule is CC1CNC2(C)OC(C)CNC2O1. The van der Waals surface area contributed by atoms with Gasteiger partial charge in [0.1, 0.15) is 0 Å². The Morgan fingerprint density at radius 1 is 1.23 bits per heavy atom. The van der Waals surface area contributed by atoms with E-state index in [4.69, 9.17) is 9.47 Å². The Hall–Kier alpha value is -0.160. The third-order valence-corrected chi connectivity index (χ3v) is 2.65. The summed E-state index contributed by atoms with van der Waals surface area (Å²) in [5, 5.41) is 6.70. The highest BCUT2D eigenvalue weighted by atomic mass is 16.6. The number of ether oxygens (including phenoxy) is 2. The van der Waals surface area contributed by atoms with Gasteiger partial charge in [-0.15, -0.1) is 0 Å². The number of morpholine rings is 2. The van der Waals surface area contributed by atoms with Gasteiger partial charge in [0.2, 0.25) is 0 Å². The molecule has 13 heavy (non-hydrogen) atoms. The number of hydrogen-bond donors (Lipinski definition) is 2. The Morgan fingerprint density at radius 2 is 2.00 bits per heavy atom. The number of nitrogens with one attached hydrogen (secondary N) is 2. The van der Waals surface area contributed by atoms with E-state index in [0.29, 0.717) is 0 Å². The molecule has 0 aromatic rings. The van der Waals surface area contributed by atoms with Crippen molar-refractivity contribution >= 4 is 0 Å². The first-order valence-corrected chi connectivity index (χ1v) is 4.92. The molecule has 2 saturated heterocycles. The maximum absolute atomic E-state index is 5.83. The highest BCUT2D eigenvalue weighted by molar-refractivity contribution is 4.91. The summed E-state index contributed by atoms with van der Waals surface area (Å²) < 4.78 is 11.6. The Bertz CT molecular complexity index is 200. The fourth-order valence-electron chi connectivity index (χ4n) is 1.93. The zero-order valence-corrected chi connectivity index (χ0v) is 8.46. The van der Waals surface area contributed by atoms with Gasteiger partial charge in [0, 0.05) is 13.1 Å². The quantitative estimate of drug-likeness (QED) is 0.561. The van der Waals surface area contributed by atoms with Gasteiger partial charge in [-0.1, -0.05) is 0 Å². The minimum absolute atomic E-state index is 0.0209. The van der Waals surface area contributed by atoms with Crippen LogP contribution in [0, 0.1) is 0 Å². The zero-order chi connectivity index (χ0) is 9.47. The van der Waals surface area contributed by atoms with Crippen LogP contribution < -0.4 is 10.6 Å². The molecule has 4 atom stereocenters. The molecule has 4 heteroatoms. The van der Waals surface area contributed by atoms with Crippen LogP contribution in [0.2, 0.25) is 0 Å². The minimum atomic E-state index is -0.357. The van der Waals surface area contributed by atoms with Crippen LogP contribution in [0.25, 0.3) is 0 Å². The lowest BCUT2D eigenvalue weighted by Gasteiger charge is -2.49. The molecule has 4 unspecified atom stereocenters. The van der Waals surface area contributed by atoms with Gasteiger partial charge < -0.3 is 9.47 Å². The lowest BCUT2D eigenvalue weighted by molar-refractivity contribution is -0.248. The van der Waals surface area contributed by atoms with Gasteiger partial charge in [0.05, 0.1) is 12.2 Å². The molecule has 76 valence electrons. The van der Waals surface area contributed by atoms with Crippen LogP contribution in [0.15, 0.2) is 0 Å². The molecular formula is C9H18N2O2. The van der Waals surface area contributed by atoms with Crippen LogP contribution in [-0.4, -0.2) is 37.3 Å². The maximum Gasteiger partial charge on any atom is 0.156 e. The molecule has 0 amide bonds. The Labute approximate surface area is 79.0 Å². The molecule has 0 radical (unpaired) electrons. The first-order chi connectivity index (χ1) is 6.10. The van der Waals surface area contributed by atoms with Crippen molar-refractivity contribution in [2.24, 2.45) is 0 Å². The second kappa shape index (κ2) is 3.20. The Balaban J connectivity index is 2.07. The second-order valence-electron chi connectivity index (χ2n) is 4.15. The van der Waals surface area contributed by atoms with Crippen molar-refractivity contribution in [2.75, 3.05) is 13.1 Å². The van der Waals surface area contributed by atoms with E-state index in [1.54, 1.807) is 0 Å². The van der Waals surface area contributed by atoms with Gasteiger partial charge >= 0.3 is 0 Å². The van der Waals surface area contributed by atoms with Crippen molar-refractivity contribution in [2.45, 2.75) is 44.9 Å². The van der Waals surface area contributed by atoms with Crippen molar-refractivity contribution in [3.05, 3.63) is 0 Å². The fourth-order valence-corrected chi connectivity index (χ4v) is 1.93. The van der Waals surface area contributed by atoms with E-state index in [-0.39, 0.29) is 24.2 Å². The van der Waals surface area contributed by atoms with Gasteiger partial charge in [-0.2, -0.15) is 0 Å². The predicted octanol–water partition coefficient (Wildman–Crippen LogP) is 0.0453. The smallest absolute Gasteiger partial charge is 0.156 e. The normalized spacial score (nSPS) is 51.5. The zero-order valence-electron chi connectivity index (χ0n) is 8.46. The molecule has 0 aromatic heterocycles. The summed E-state index contributed by atoms with van der Waals surface area (Å²) in [6.45, 7) is 7.86. The van der Waals surface area contributed by atoms with E-state index in [9.17, 15) is 0 Å². The van der Waals surface area contributed by atoms with Crippen molar-refractivity contribution in [3.63, 3.8) is 0 Å². The third kappa shape index (κ3) is 1.72. The summed E-state index contributed by atoms with van der Waals surface area (Å²) in [6.07, 6.45) is 0.473. The number of rotatable bonds is 0. The van der Waals surface area contributed by atoms with E-state index in [1.165, 1.54) is 0 Å². The fraction of sp³-hybridized carbons (Fsp3) is 1.00. The maximum atomic E-state index is 5.83. The average Bonchev–Trinajstić information content (AvgIpc) is 2.06. The summed E-state index contributed by atoms with van der Waals surface area (Å²) in [4.78, 5) is 0. The molecule has 4 nitrogen and oxygen atoms in total. The van der Waals surface area contributed by atoms with Crippen LogP contribution in [0.3, 0.4) is 0 Å². The average molecular weight is 186 g/mol. The van der Waals surface area contributed by atoms with Gasteiger partial charge in [0.25, 0.3) is 0 Å². The summed E-state index contributed by atoms with van der Waals surface area (Å²) in [7, 11) is 0. The standard InChI is InChI=1S/C9H18N2O2/c1-6-5-11-9(3)8(12-6)10-4-7(2)13-9/h6-8,10-11H,4-5H2,1-3H3. The van der Waals surface area contributed by atoms with Crippen molar-refractivity contribution in [3.8, 4) is 0 Å². The molecule has 2 aliphatic heterocycles. The highest BCUT2D eigenvalue weighted by Gasteiger charge is 2.44. The molecule has 0 aliphatic carbocycles. The molecule has 0 bridgehead atoms. The van der Waals surface area contributed by atoms with Crippen molar-refractivity contribution in [1.29, 1.82) is 0 Å². The van der Waals surface area contributed by atoms with E-state index < -0.39 is 0 Å². The first kappa shape index (κ1) is 9.40. The van der Waals surface area contributed by atoms with Crippen LogP contribution in [-0.2, 0) is 9.47 Å². The monoisotopic (exact) mass is 186 g/mol. The summed E-state index contributed by atoms with van der Waals surface area (Å²) >= 11 is 0. The number of hydrogen-bond acceptors (Lipinski definition) is 4. The van der Waals surface area contributed by atoms with E-state index >= 15 is 0 Å². The van der Waals surface area contributed by atoms with Crippen LogP contribution in [0.1, 0.15) is 20.8 Å². The lowest BCUT2D eigenvalue weighted by atomic mass is 10.1. The van der Waals surface area contributed by atoms with Crippen LogP contribution >= 0.6 is 0 Å². The van der Waals surface area contributed by atoms with Gasteiger partial charge in [-0.05, 0) is 20.8 Å². The highest BCUT2D eigenvalue weighted by Crippen LogP contribution is 2.24. The lowest BCUT2D eigenvalue weighted by Crippen LogP contribution is -2.71. The van der Waals surface area contributed by atoms with Crippen molar-refractivity contribution < 1.29 is 9.47 Å². The third-order valence-electron chi connectivity index (χ3n) is 2.65. The minimum Gasteiger partial charge on any atom is -0.355 e. The molecule has 0 aromatic carbocycles. The first-order valence-electron chi connectivity index (χ1n) is 4.92. The largest absolute Gasteiger partial charge is 0.355 e. The molecule has 2 fully saturated rings. The second-order valence-corrected chi connectivity index (χ2v) is 4.15. The van der Waals surface area contributed by atoms with Gasteiger partial charge in [-0.25, -0.2) is 0 Å².